The molecule has 0 bridgehead atoms. The number of hydrogen-bond acceptors (Lipinski definition) is 7. The lowest BCUT2D eigenvalue weighted by atomic mass is 10.1. The third kappa shape index (κ3) is 4.70. The zero-order valence-electron chi connectivity index (χ0n) is 16.2. The Morgan fingerprint density at radius 3 is 2.38 bits per heavy atom. The highest BCUT2D eigenvalue weighted by atomic mass is 16.6. The molecule has 2 saturated heterocycles. The van der Waals surface area contributed by atoms with Gasteiger partial charge in [-0.3, -0.25) is 19.7 Å². The lowest BCUT2D eigenvalue weighted by Gasteiger charge is -2.35. The molecule has 0 spiro atoms. The average molecular weight is 405 g/mol. The molecular weight excluding hydrogens is 382 g/mol. The molecule has 3 rings (SSSR count). The van der Waals surface area contributed by atoms with E-state index in [1.807, 2.05) is 0 Å². The van der Waals surface area contributed by atoms with Gasteiger partial charge in [0.2, 0.25) is 0 Å². The normalized spacial score (nSPS) is 19.1. The Morgan fingerprint density at radius 2 is 1.79 bits per heavy atom. The van der Waals surface area contributed by atoms with Crippen molar-refractivity contribution in [3.05, 3.63) is 39.4 Å². The second-order valence-electron chi connectivity index (χ2n) is 6.87. The van der Waals surface area contributed by atoms with Crippen LogP contribution in [-0.4, -0.2) is 78.0 Å². The third-order valence-electron chi connectivity index (χ3n) is 4.97. The van der Waals surface area contributed by atoms with Crippen LogP contribution in [0.1, 0.15) is 40.5 Å². The van der Waals surface area contributed by atoms with Gasteiger partial charge in [-0.1, -0.05) is 0 Å². The second-order valence-corrected chi connectivity index (χ2v) is 6.87. The van der Waals surface area contributed by atoms with Gasteiger partial charge < -0.3 is 19.3 Å². The van der Waals surface area contributed by atoms with Crippen LogP contribution in [0.4, 0.5) is 5.69 Å². The number of hydrogen-bond donors (Lipinski definition) is 0. The Morgan fingerprint density at radius 1 is 1.14 bits per heavy atom. The molecule has 1 aromatic rings. The largest absolute Gasteiger partial charge is 0.462 e. The van der Waals surface area contributed by atoms with Crippen molar-refractivity contribution in [2.24, 2.45) is 0 Å². The number of carbonyl (C=O) groups excluding carboxylic acids is 3. The van der Waals surface area contributed by atoms with Gasteiger partial charge in [-0.15, -0.1) is 0 Å². The van der Waals surface area contributed by atoms with Gasteiger partial charge in [0.15, 0.2) is 0 Å². The minimum Gasteiger partial charge on any atom is -0.462 e. The monoisotopic (exact) mass is 405 g/mol. The summed E-state index contributed by atoms with van der Waals surface area (Å²) < 4.78 is 10.3. The number of carbonyl (C=O) groups is 3. The van der Waals surface area contributed by atoms with Crippen molar-refractivity contribution < 1.29 is 28.8 Å². The van der Waals surface area contributed by atoms with E-state index < -0.39 is 22.9 Å². The van der Waals surface area contributed by atoms with Crippen LogP contribution in [0, 0.1) is 10.1 Å². The molecule has 1 unspecified atom stereocenters. The summed E-state index contributed by atoms with van der Waals surface area (Å²) in [5.74, 6) is -1.21. The number of nitro benzene ring substituents is 1. The molecule has 10 nitrogen and oxygen atoms in total. The van der Waals surface area contributed by atoms with Gasteiger partial charge in [0.05, 0.1) is 17.1 Å². The fourth-order valence-corrected chi connectivity index (χ4v) is 3.46. The van der Waals surface area contributed by atoms with Crippen molar-refractivity contribution >= 4 is 23.5 Å². The minimum atomic E-state index is -0.725. The molecule has 0 aliphatic carbocycles. The van der Waals surface area contributed by atoms with Crippen LogP contribution in [0.15, 0.2) is 18.2 Å². The Labute approximate surface area is 167 Å². The molecule has 10 heteroatoms. The predicted octanol–water partition coefficient (Wildman–Crippen LogP) is 1.23. The van der Waals surface area contributed by atoms with Crippen LogP contribution in [0.2, 0.25) is 0 Å². The van der Waals surface area contributed by atoms with E-state index >= 15 is 0 Å². The maximum Gasteiger partial charge on any atom is 0.338 e. The molecule has 1 atom stereocenters. The van der Waals surface area contributed by atoms with Gasteiger partial charge in [0.25, 0.3) is 17.5 Å². The van der Waals surface area contributed by atoms with Crippen molar-refractivity contribution in [3.8, 4) is 0 Å². The van der Waals surface area contributed by atoms with Gasteiger partial charge in [-0.2, -0.15) is 0 Å². The number of ether oxygens (including phenoxy) is 2. The van der Waals surface area contributed by atoms with Crippen LogP contribution in [0.25, 0.3) is 0 Å². The van der Waals surface area contributed by atoms with Crippen LogP contribution in [0.3, 0.4) is 0 Å². The Kier molecular flexibility index (Phi) is 6.42. The van der Waals surface area contributed by atoms with E-state index in [0.717, 1.165) is 18.6 Å². The summed E-state index contributed by atoms with van der Waals surface area (Å²) in [6, 6.07) is 3.54. The van der Waals surface area contributed by atoms with E-state index in [2.05, 4.69) is 0 Å². The first-order chi connectivity index (χ1) is 13.9. The summed E-state index contributed by atoms with van der Waals surface area (Å²) in [5, 5.41) is 11.2. The van der Waals surface area contributed by atoms with Crippen molar-refractivity contribution in [2.45, 2.75) is 25.9 Å². The van der Waals surface area contributed by atoms with Crippen LogP contribution in [0.5, 0.6) is 0 Å². The summed E-state index contributed by atoms with van der Waals surface area (Å²) in [6.07, 6.45) is 1.17. The van der Waals surface area contributed by atoms with E-state index in [0.29, 0.717) is 39.2 Å². The van der Waals surface area contributed by atoms with Gasteiger partial charge >= 0.3 is 5.97 Å². The molecule has 0 aromatic heterocycles. The third-order valence-corrected chi connectivity index (χ3v) is 4.97. The van der Waals surface area contributed by atoms with Crippen molar-refractivity contribution in [3.63, 3.8) is 0 Å². The van der Waals surface area contributed by atoms with E-state index in [-0.39, 0.29) is 29.3 Å². The molecule has 2 fully saturated rings. The Balaban J connectivity index is 1.70. The fraction of sp³-hybridized carbons (Fsp3) is 0.526. The lowest BCUT2D eigenvalue weighted by molar-refractivity contribution is -0.384. The molecule has 2 amide bonds. The maximum atomic E-state index is 12.9. The highest BCUT2D eigenvalue weighted by Gasteiger charge is 2.32. The number of benzene rings is 1. The summed E-state index contributed by atoms with van der Waals surface area (Å²) in [4.78, 5) is 51.0. The van der Waals surface area contributed by atoms with Crippen LogP contribution < -0.4 is 0 Å². The predicted molar refractivity (Wildman–Crippen MR) is 101 cm³/mol. The number of nitro groups is 1. The van der Waals surface area contributed by atoms with Crippen molar-refractivity contribution in [1.29, 1.82) is 0 Å². The molecule has 0 radical (unpaired) electrons. The van der Waals surface area contributed by atoms with Gasteiger partial charge in [0.1, 0.15) is 6.10 Å². The first-order valence-corrected chi connectivity index (χ1v) is 9.57. The van der Waals surface area contributed by atoms with Gasteiger partial charge in [-0.25, -0.2) is 4.79 Å². The number of rotatable bonds is 5. The summed E-state index contributed by atoms with van der Waals surface area (Å²) in [6.45, 7) is 3.66. The summed E-state index contributed by atoms with van der Waals surface area (Å²) in [5.41, 5.74) is -0.358. The number of piperazine rings is 1. The van der Waals surface area contributed by atoms with Gasteiger partial charge in [-0.05, 0) is 25.8 Å². The Hall–Kier alpha value is -3.01. The SMILES string of the molecule is CCOC(=O)c1cc(C(=O)N2CCN(C(=O)C3CCCO3)CC2)cc([N+](=O)[O-])c1. The van der Waals surface area contributed by atoms with Gasteiger partial charge in [0, 0.05) is 50.5 Å². The van der Waals surface area contributed by atoms with Crippen LogP contribution >= 0.6 is 0 Å². The molecule has 0 saturated carbocycles. The quantitative estimate of drug-likeness (QED) is 0.411. The van der Waals surface area contributed by atoms with Crippen molar-refractivity contribution in [1.82, 2.24) is 9.80 Å². The molecule has 29 heavy (non-hydrogen) atoms. The standard InChI is InChI=1S/C19H23N3O7/c1-2-28-19(25)14-10-13(11-15(12-14)22(26)27)17(23)20-5-7-21(8-6-20)18(24)16-4-3-9-29-16/h10-12,16H,2-9H2,1H3. The topological polar surface area (TPSA) is 119 Å². The maximum absolute atomic E-state index is 12.9. The minimum absolute atomic E-state index is 0.0427. The highest BCUT2D eigenvalue weighted by molar-refractivity contribution is 5.99. The Bertz CT molecular complexity index is 812. The van der Waals surface area contributed by atoms with E-state index in [9.17, 15) is 24.5 Å². The second kappa shape index (κ2) is 8.99. The molecule has 1 aromatic carbocycles. The smallest absolute Gasteiger partial charge is 0.338 e. The van der Waals surface area contributed by atoms with Crippen LogP contribution in [-0.2, 0) is 14.3 Å². The van der Waals surface area contributed by atoms with E-state index in [4.69, 9.17) is 9.47 Å². The molecule has 2 aliphatic rings. The van der Waals surface area contributed by atoms with E-state index in [1.165, 1.54) is 11.0 Å². The number of nitrogens with zero attached hydrogens (tertiary/aromatic N) is 3. The first kappa shape index (κ1) is 20.7. The van der Waals surface area contributed by atoms with Crippen molar-refractivity contribution in [2.75, 3.05) is 39.4 Å². The molecule has 156 valence electrons. The fourth-order valence-electron chi connectivity index (χ4n) is 3.46. The molecule has 2 aliphatic heterocycles. The zero-order chi connectivity index (χ0) is 21.0. The number of esters is 1. The first-order valence-electron chi connectivity index (χ1n) is 9.57. The number of amides is 2. The molecular formula is C19H23N3O7. The number of non-ortho nitro benzene ring substituents is 1. The lowest BCUT2D eigenvalue weighted by Crippen LogP contribution is -2.52. The molecule has 0 N–H and O–H groups in total. The zero-order valence-corrected chi connectivity index (χ0v) is 16.2. The van der Waals surface area contributed by atoms with E-state index in [1.54, 1.807) is 11.8 Å². The molecule has 2 heterocycles. The summed E-state index contributed by atoms with van der Waals surface area (Å²) >= 11 is 0. The summed E-state index contributed by atoms with van der Waals surface area (Å²) in [7, 11) is 0. The average Bonchev–Trinajstić information content (AvgIpc) is 3.27. The highest BCUT2D eigenvalue weighted by Crippen LogP contribution is 2.21.